The molecule has 1 aromatic heterocycles. The second-order valence-electron chi connectivity index (χ2n) is 4.99. The number of carboxylic acids is 1. The van der Waals surface area contributed by atoms with E-state index in [2.05, 4.69) is 15.1 Å². The number of carboxylic acid groups (broad SMARTS) is 1. The van der Waals surface area contributed by atoms with Crippen molar-refractivity contribution in [3.63, 3.8) is 0 Å². The Morgan fingerprint density at radius 2 is 2.30 bits per heavy atom. The van der Waals surface area contributed by atoms with Crippen molar-refractivity contribution < 1.29 is 9.90 Å². The Morgan fingerprint density at radius 3 is 3.00 bits per heavy atom. The molecule has 1 N–H and O–H groups in total. The standard InChI is InChI=1S/C14H16N4O2/c1-17-9-15-16-13(17)8-18-7-3-5-10-11(14(19)20)4-2-6-12(10)18/h2,4,6,9H,3,5,7-8H2,1H3,(H,19,20). The molecule has 0 radical (unpaired) electrons. The van der Waals surface area contributed by atoms with Gasteiger partial charge >= 0.3 is 5.97 Å². The number of fused-ring (bicyclic) bond motifs is 1. The van der Waals surface area contributed by atoms with E-state index >= 15 is 0 Å². The molecule has 0 fully saturated rings. The lowest BCUT2D eigenvalue weighted by Crippen LogP contribution is -2.30. The molecule has 1 aliphatic rings. The van der Waals surface area contributed by atoms with Crippen molar-refractivity contribution in [2.45, 2.75) is 19.4 Å². The molecule has 2 aromatic rings. The summed E-state index contributed by atoms with van der Waals surface area (Å²) in [7, 11) is 1.91. The van der Waals surface area contributed by atoms with E-state index in [1.54, 1.807) is 18.5 Å². The highest BCUT2D eigenvalue weighted by atomic mass is 16.4. The highest BCUT2D eigenvalue weighted by molar-refractivity contribution is 5.91. The number of anilines is 1. The third kappa shape index (κ3) is 2.13. The molecule has 0 atom stereocenters. The largest absolute Gasteiger partial charge is 0.478 e. The van der Waals surface area contributed by atoms with E-state index in [0.29, 0.717) is 12.1 Å². The smallest absolute Gasteiger partial charge is 0.336 e. The molecule has 0 amide bonds. The van der Waals surface area contributed by atoms with Crippen molar-refractivity contribution in [1.82, 2.24) is 14.8 Å². The molecule has 0 aliphatic carbocycles. The van der Waals surface area contributed by atoms with Gasteiger partial charge in [0.05, 0.1) is 12.1 Å². The minimum absolute atomic E-state index is 0.408. The third-order valence-corrected chi connectivity index (χ3v) is 3.71. The van der Waals surface area contributed by atoms with Crippen LogP contribution in [-0.4, -0.2) is 32.4 Å². The average Bonchev–Trinajstić information content (AvgIpc) is 2.84. The number of hydrogen-bond acceptors (Lipinski definition) is 4. The van der Waals surface area contributed by atoms with Crippen molar-refractivity contribution in [3.8, 4) is 0 Å². The fraction of sp³-hybridized carbons (Fsp3) is 0.357. The maximum absolute atomic E-state index is 11.3. The van der Waals surface area contributed by atoms with Crippen LogP contribution in [-0.2, 0) is 20.0 Å². The molecule has 1 aliphatic heterocycles. The molecule has 20 heavy (non-hydrogen) atoms. The van der Waals surface area contributed by atoms with Crippen LogP contribution in [0.25, 0.3) is 0 Å². The highest BCUT2D eigenvalue weighted by Gasteiger charge is 2.22. The van der Waals surface area contributed by atoms with Gasteiger partial charge in [0.25, 0.3) is 0 Å². The van der Waals surface area contributed by atoms with Gasteiger partial charge in [-0.3, -0.25) is 0 Å². The number of nitrogens with zero attached hydrogens (tertiary/aromatic N) is 4. The van der Waals surface area contributed by atoms with Gasteiger partial charge in [0, 0.05) is 19.3 Å². The molecule has 0 saturated carbocycles. The summed E-state index contributed by atoms with van der Waals surface area (Å²) in [6, 6.07) is 5.46. The predicted octanol–water partition coefficient (Wildman–Crippen LogP) is 1.47. The summed E-state index contributed by atoms with van der Waals surface area (Å²) >= 11 is 0. The Kier molecular flexibility index (Phi) is 3.14. The van der Waals surface area contributed by atoms with Crippen LogP contribution in [0.4, 0.5) is 5.69 Å². The highest BCUT2D eigenvalue weighted by Crippen LogP contribution is 2.30. The maximum atomic E-state index is 11.3. The molecule has 2 heterocycles. The second kappa shape index (κ2) is 4.96. The normalized spacial score (nSPS) is 14.2. The lowest BCUT2D eigenvalue weighted by Gasteiger charge is -2.31. The molecular weight excluding hydrogens is 256 g/mol. The minimum atomic E-state index is -0.859. The first-order chi connectivity index (χ1) is 9.66. The van der Waals surface area contributed by atoms with Gasteiger partial charge in [-0.05, 0) is 30.5 Å². The van der Waals surface area contributed by atoms with Gasteiger partial charge in [-0.15, -0.1) is 10.2 Å². The lowest BCUT2D eigenvalue weighted by atomic mass is 9.96. The van der Waals surface area contributed by atoms with Crippen molar-refractivity contribution in [1.29, 1.82) is 0 Å². The Hall–Kier alpha value is -2.37. The van der Waals surface area contributed by atoms with Crippen LogP contribution in [0.15, 0.2) is 24.5 Å². The van der Waals surface area contributed by atoms with Gasteiger partial charge in [0.15, 0.2) is 5.82 Å². The molecule has 0 bridgehead atoms. The van der Waals surface area contributed by atoms with Crippen LogP contribution < -0.4 is 4.90 Å². The number of rotatable bonds is 3. The van der Waals surface area contributed by atoms with Crippen LogP contribution in [0.2, 0.25) is 0 Å². The zero-order valence-electron chi connectivity index (χ0n) is 11.3. The minimum Gasteiger partial charge on any atom is -0.478 e. The zero-order chi connectivity index (χ0) is 14.1. The molecule has 6 nitrogen and oxygen atoms in total. The molecule has 1 aromatic carbocycles. The lowest BCUT2D eigenvalue weighted by molar-refractivity contribution is 0.0695. The zero-order valence-corrected chi connectivity index (χ0v) is 11.3. The predicted molar refractivity (Wildman–Crippen MR) is 73.8 cm³/mol. The first-order valence-corrected chi connectivity index (χ1v) is 6.60. The molecule has 3 rings (SSSR count). The average molecular weight is 272 g/mol. The van der Waals surface area contributed by atoms with E-state index in [4.69, 9.17) is 0 Å². The molecule has 6 heteroatoms. The number of carbonyl (C=O) groups is 1. The summed E-state index contributed by atoms with van der Waals surface area (Å²) in [5.74, 6) is 0.0148. The van der Waals surface area contributed by atoms with Crippen LogP contribution in [0.5, 0.6) is 0 Å². The fourth-order valence-electron chi connectivity index (χ4n) is 2.69. The monoisotopic (exact) mass is 272 g/mol. The molecule has 0 spiro atoms. The summed E-state index contributed by atoms with van der Waals surface area (Å²) < 4.78 is 1.88. The van der Waals surface area contributed by atoms with E-state index in [0.717, 1.165) is 36.5 Å². The quantitative estimate of drug-likeness (QED) is 0.916. The van der Waals surface area contributed by atoms with Crippen molar-refractivity contribution in [3.05, 3.63) is 41.5 Å². The van der Waals surface area contributed by atoms with Crippen molar-refractivity contribution in [2.24, 2.45) is 7.05 Å². The van der Waals surface area contributed by atoms with Crippen LogP contribution >= 0.6 is 0 Å². The number of aryl methyl sites for hydroxylation is 1. The van der Waals surface area contributed by atoms with Gasteiger partial charge in [-0.2, -0.15) is 0 Å². The number of aromatic carboxylic acids is 1. The van der Waals surface area contributed by atoms with Crippen LogP contribution in [0, 0.1) is 0 Å². The summed E-state index contributed by atoms with van der Waals surface area (Å²) in [5.41, 5.74) is 2.33. The van der Waals surface area contributed by atoms with Gasteiger partial charge in [0.2, 0.25) is 0 Å². The van der Waals surface area contributed by atoms with Crippen molar-refractivity contribution in [2.75, 3.05) is 11.4 Å². The summed E-state index contributed by atoms with van der Waals surface area (Å²) in [5, 5.41) is 17.3. The first-order valence-electron chi connectivity index (χ1n) is 6.60. The topological polar surface area (TPSA) is 71.2 Å². The Morgan fingerprint density at radius 1 is 1.45 bits per heavy atom. The molecule has 104 valence electrons. The van der Waals surface area contributed by atoms with E-state index in [1.807, 2.05) is 17.7 Å². The Bertz CT molecular complexity index is 650. The molecular formula is C14H16N4O2. The Labute approximate surface area is 116 Å². The van der Waals surface area contributed by atoms with E-state index in [-0.39, 0.29) is 0 Å². The first kappa shape index (κ1) is 12.7. The van der Waals surface area contributed by atoms with E-state index in [9.17, 15) is 9.90 Å². The number of benzene rings is 1. The third-order valence-electron chi connectivity index (χ3n) is 3.71. The number of aromatic nitrogens is 3. The summed E-state index contributed by atoms with van der Waals surface area (Å²) in [4.78, 5) is 13.5. The Balaban J connectivity index is 1.96. The van der Waals surface area contributed by atoms with Gasteiger partial charge in [0.1, 0.15) is 6.33 Å². The van der Waals surface area contributed by atoms with Gasteiger partial charge in [-0.1, -0.05) is 6.07 Å². The summed E-state index contributed by atoms with van der Waals surface area (Å²) in [6.45, 7) is 1.55. The molecule has 0 unspecified atom stereocenters. The van der Waals surface area contributed by atoms with Crippen molar-refractivity contribution >= 4 is 11.7 Å². The number of hydrogen-bond donors (Lipinski definition) is 1. The summed E-state index contributed by atoms with van der Waals surface area (Å²) in [6.07, 6.45) is 3.44. The van der Waals surface area contributed by atoms with Crippen LogP contribution in [0.3, 0.4) is 0 Å². The molecule has 0 saturated heterocycles. The SMILES string of the molecule is Cn1cnnc1CN1CCCc2c(C(=O)O)cccc21. The van der Waals surface area contributed by atoms with E-state index < -0.39 is 5.97 Å². The van der Waals surface area contributed by atoms with Gasteiger partial charge < -0.3 is 14.6 Å². The van der Waals surface area contributed by atoms with Crippen LogP contribution in [0.1, 0.15) is 28.2 Å². The second-order valence-corrected chi connectivity index (χ2v) is 4.99. The van der Waals surface area contributed by atoms with Gasteiger partial charge in [-0.25, -0.2) is 4.79 Å². The van der Waals surface area contributed by atoms with E-state index in [1.165, 1.54) is 0 Å². The fourth-order valence-corrected chi connectivity index (χ4v) is 2.69. The maximum Gasteiger partial charge on any atom is 0.336 e.